The molecule has 0 radical (unpaired) electrons. The maximum absolute atomic E-state index is 5.55. The summed E-state index contributed by atoms with van der Waals surface area (Å²) in [5.74, 6) is 2.25. The first-order valence-corrected chi connectivity index (χ1v) is 5.89. The SMILES string of the molecule is COc1ccc(-c2nc(CN)oc2C)c(C)c1C. The van der Waals surface area contributed by atoms with Gasteiger partial charge in [-0.1, -0.05) is 0 Å². The summed E-state index contributed by atoms with van der Waals surface area (Å²) in [6, 6.07) is 3.96. The molecule has 0 spiro atoms. The van der Waals surface area contributed by atoms with Crippen LogP contribution in [-0.2, 0) is 6.54 Å². The predicted octanol–water partition coefficient (Wildman–Crippen LogP) is 2.73. The van der Waals surface area contributed by atoms with Crippen LogP contribution in [0.15, 0.2) is 16.5 Å². The summed E-state index contributed by atoms with van der Waals surface area (Å²) >= 11 is 0. The zero-order valence-corrected chi connectivity index (χ0v) is 11.2. The largest absolute Gasteiger partial charge is 0.496 e. The van der Waals surface area contributed by atoms with E-state index < -0.39 is 0 Å². The Hall–Kier alpha value is -1.81. The Labute approximate surface area is 107 Å². The minimum atomic E-state index is 0.315. The summed E-state index contributed by atoms with van der Waals surface area (Å²) in [5.41, 5.74) is 9.74. The summed E-state index contributed by atoms with van der Waals surface area (Å²) in [4.78, 5) is 4.42. The lowest BCUT2D eigenvalue weighted by Crippen LogP contribution is -1.96. The van der Waals surface area contributed by atoms with Crippen LogP contribution in [-0.4, -0.2) is 12.1 Å². The molecule has 0 aliphatic carbocycles. The average Bonchev–Trinajstić information content (AvgIpc) is 2.74. The second kappa shape index (κ2) is 4.82. The number of nitrogens with zero attached hydrogens (tertiary/aromatic N) is 1. The zero-order valence-electron chi connectivity index (χ0n) is 11.2. The van der Waals surface area contributed by atoms with Gasteiger partial charge in [-0.25, -0.2) is 4.98 Å². The quantitative estimate of drug-likeness (QED) is 0.904. The number of aromatic nitrogens is 1. The summed E-state index contributed by atoms with van der Waals surface area (Å²) in [7, 11) is 1.68. The van der Waals surface area contributed by atoms with Crippen molar-refractivity contribution in [3.8, 4) is 17.0 Å². The first kappa shape index (κ1) is 12.6. The first-order chi connectivity index (χ1) is 8.58. The molecule has 0 unspecified atom stereocenters. The highest BCUT2D eigenvalue weighted by Gasteiger charge is 2.15. The normalized spacial score (nSPS) is 10.7. The van der Waals surface area contributed by atoms with E-state index in [1.54, 1.807) is 7.11 Å². The number of oxazole rings is 1. The van der Waals surface area contributed by atoms with Crippen molar-refractivity contribution in [2.24, 2.45) is 5.73 Å². The van der Waals surface area contributed by atoms with E-state index in [9.17, 15) is 0 Å². The Morgan fingerprint density at radius 2 is 1.94 bits per heavy atom. The Morgan fingerprint density at radius 3 is 2.50 bits per heavy atom. The van der Waals surface area contributed by atoms with E-state index in [-0.39, 0.29) is 0 Å². The van der Waals surface area contributed by atoms with E-state index in [0.29, 0.717) is 12.4 Å². The van der Waals surface area contributed by atoms with Crippen LogP contribution in [0.2, 0.25) is 0 Å². The number of rotatable bonds is 3. The molecule has 2 rings (SSSR count). The fraction of sp³-hybridized carbons (Fsp3) is 0.357. The molecule has 4 heteroatoms. The highest BCUT2D eigenvalue weighted by molar-refractivity contribution is 5.68. The zero-order chi connectivity index (χ0) is 13.3. The average molecular weight is 246 g/mol. The highest BCUT2D eigenvalue weighted by Crippen LogP contribution is 2.32. The van der Waals surface area contributed by atoms with Gasteiger partial charge in [0, 0.05) is 5.56 Å². The monoisotopic (exact) mass is 246 g/mol. The summed E-state index contributed by atoms with van der Waals surface area (Å²) in [5, 5.41) is 0. The number of hydrogen-bond acceptors (Lipinski definition) is 4. The lowest BCUT2D eigenvalue weighted by atomic mass is 9.99. The lowest BCUT2D eigenvalue weighted by Gasteiger charge is -2.11. The molecule has 0 aliphatic rings. The Balaban J connectivity index is 2.57. The van der Waals surface area contributed by atoms with Crippen LogP contribution in [0.3, 0.4) is 0 Å². The first-order valence-electron chi connectivity index (χ1n) is 5.89. The number of nitrogens with two attached hydrogens (primary N) is 1. The van der Waals surface area contributed by atoms with Crippen LogP contribution in [0.1, 0.15) is 22.8 Å². The summed E-state index contributed by atoms with van der Waals surface area (Å²) in [6.45, 7) is 6.32. The molecule has 18 heavy (non-hydrogen) atoms. The molecule has 4 nitrogen and oxygen atoms in total. The van der Waals surface area contributed by atoms with Crippen molar-refractivity contribution < 1.29 is 9.15 Å². The molecule has 2 N–H and O–H groups in total. The molecule has 0 atom stereocenters. The van der Waals surface area contributed by atoms with E-state index in [2.05, 4.69) is 11.9 Å². The minimum Gasteiger partial charge on any atom is -0.496 e. The molecular formula is C14H18N2O2. The summed E-state index contributed by atoms with van der Waals surface area (Å²) in [6.07, 6.45) is 0. The van der Waals surface area contributed by atoms with Crippen molar-refractivity contribution in [3.05, 3.63) is 34.9 Å². The molecule has 1 aromatic heterocycles. The van der Waals surface area contributed by atoms with Gasteiger partial charge in [-0.05, 0) is 44.0 Å². The number of ether oxygens (including phenoxy) is 1. The smallest absolute Gasteiger partial charge is 0.208 e. The minimum absolute atomic E-state index is 0.315. The number of benzene rings is 1. The van der Waals surface area contributed by atoms with Gasteiger partial charge in [-0.2, -0.15) is 0 Å². The number of aryl methyl sites for hydroxylation is 1. The van der Waals surface area contributed by atoms with E-state index >= 15 is 0 Å². The molecule has 0 fully saturated rings. The van der Waals surface area contributed by atoms with E-state index in [4.69, 9.17) is 14.9 Å². The van der Waals surface area contributed by atoms with Crippen LogP contribution in [0, 0.1) is 20.8 Å². The van der Waals surface area contributed by atoms with Crippen molar-refractivity contribution in [2.75, 3.05) is 7.11 Å². The van der Waals surface area contributed by atoms with Crippen LogP contribution < -0.4 is 10.5 Å². The third-order valence-corrected chi connectivity index (χ3v) is 3.23. The van der Waals surface area contributed by atoms with Gasteiger partial charge in [-0.3, -0.25) is 0 Å². The molecule has 2 aromatic rings. The number of hydrogen-bond donors (Lipinski definition) is 1. The highest BCUT2D eigenvalue weighted by atomic mass is 16.5. The van der Waals surface area contributed by atoms with Gasteiger partial charge in [0.15, 0.2) is 0 Å². The second-order valence-corrected chi connectivity index (χ2v) is 4.28. The Bertz CT molecular complexity index is 573. The standard InChI is InChI=1S/C14H18N2O2/c1-8-9(2)12(17-4)6-5-11(8)14-10(3)18-13(7-15)16-14/h5-6H,7,15H2,1-4H3. The van der Waals surface area contributed by atoms with Crippen molar-refractivity contribution in [3.63, 3.8) is 0 Å². The van der Waals surface area contributed by atoms with E-state index in [1.165, 1.54) is 0 Å². The van der Waals surface area contributed by atoms with Crippen LogP contribution >= 0.6 is 0 Å². The fourth-order valence-electron chi connectivity index (χ4n) is 2.06. The number of methoxy groups -OCH3 is 1. The third-order valence-electron chi connectivity index (χ3n) is 3.23. The fourth-order valence-corrected chi connectivity index (χ4v) is 2.06. The molecule has 0 amide bonds. The Morgan fingerprint density at radius 1 is 1.22 bits per heavy atom. The topological polar surface area (TPSA) is 61.3 Å². The van der Waals surface area contributed by atoms with Gasteiger partial charge in [-0.15, -0.1) is 0 Å². The van der Waals surface area contributed by atoms with Gasteiger partial charge in [0.25, 0.3) is 0 Å². The third kappa shape index (κ3) is 1.99. The van der Waals surface area contributed by atoms with Crippen molar-refractivity contribution >= 4 is 0 Å². The van der Waals surface area contributed by atoms with Gasteiger partial charge >= 0.3 is 0 Å². The van der Waals surface area contributed by atoms with Crippen LogP contribution in [0.25, 0.3) is 11.3 Å². The molecule has 1 heterocycles. The molecule has 1 aromatic carbocycles. The van der Waals surface area contributed by atoms with Gasteiger partial charge < -0.3 is 14.9 Å². The van der Waals surface area contributed by atoms with Crippen LogP contribution in [0.5, 0.6) is 5.75 Å². The molecule has 0 aliphatic heterocycles. The summed E-state index contributed by atoms with van der Waals surface area (Å²) < 4.78 is 10.8. The van der Waals surface area contributed by atoms with Gasteiger partial charge in [0.2, 0.25) is 5.89 Å². The van der Waals surface area contributed by atoms with E-state index in [1.807, 2.05) is 26.0 Å². The molecule has 0 saturated carbocycles. The van der Waals surface area contributed by atoms with E-state index in [0.717, 1.165) is 33.9 Å². The van der Waals surface area contributed by atoms with Gasteiger partial charge in [0.05, 0.1) is 13.7 Å². The molecule has 96 valence electrons. The second-order valence-electron chi connectivity index (χ2n) is 4.28. The maximum atomic E-state index is 5.55. The molecule has 0 bridgehead atoms. The van der Waals surface area contributed by atoms with Crippen molar-refractivity contribution in [1.29, 1.82) is 0 Å². The van der Waals surface area contributed by atoms with Crippen LogP contribution in [0.4, 0.5) is 0 Å². The maximum Gasteiger partial charge on any atom is 0.208 e. The Kier molecular flexibility index (Phi) is 3.39. The lowest BCUT2D eigenvalue weighted by molar-refractivity contribution is 0.411. The molecular weight excluding hydrogens is 228 g/mol. The van der Waals surface area contributed by atoms with Gasteiger partial charge in [0.1, 0.15) is 17.2 Å². The van der Waals surface area contributed by atoms with Crippen molar-refractivity contribution in [1.82, 2.24) is 4.98 Å². The van der Waals surface area contributed by atoms with Crippen molar-refractivity contribution in [2.45, 2.75) is 27.3 Å². The molecule has 0 saturated heterocycles. The predicted molar refractivity (Wildman–Crippen MR) is 70.6 cm³/mol.